The molecule has 0 saturated carbocycles. The third kappa shape index (κ3) is 5.81. The quantitative estimate of drug-likeness (QED) is 0.446. The van der Waals surface area contributed by atoms with Crippen molar-refractivity contribution in [2.24, 2.45) is 4.99 Å². The number of thiazole rings is 1. The first-order valence-corrected chi connectivity index (χ1v) is 11.4. The second-order valence-corrected chi connectivity index (χ2v) is 8.99. The SMILES string of the molecule is CCOCCn1c(=NC(=O)CS(=O)(=O)C(C)=O)sc2cc(C(=O)OCC)ccc21. The lowest BCUT2D eigenvalue weighted by Gasteiger charge is -2.06. The summed E-state index contributed by atoms with van der Waals surface area (Å²) in [5.41, 5.74) is 1.07. The highest BCUT2D eigenvalue weighted by molar-refractivity contribution is 8.06. The van der Waals surface area contributed by atoms with Crippen LogP contribution in [-0.2, 0) is 35.4 Å². The standard InChI is InChI=1S/C18H22N2O7S2/c1-4-26-9-8-20-14-7-6-13(17(23)27-5-2)10-15(14)28-18(20)19-16(22)11-29(24,25)12(3)21/h6-7,10H,4-5,8-9,11H2,1-3H3. The Kier molecular flexibility index (Phi) is 7.82. The maximum Gasteiger partial charge on any atom is 0.338 e. The van der Waals surface area contributed by atoms with Gasteiger partial charge in [0, 0.05) is 20.1 Å². The second-order valence-electron chi connectivity index (χ2n) is 5.89. The van der Waals surface area contributed by atoms with Gasteiger partial charge in [0.1, 0.15) is 5.75 Å². The number of sulfone groups is 1. The van der Waals surface area contributed by atoms with Crippen molar-refractivity contribution in [1.82, 2.24) is 4.57 Å². The number of carbonyl (C=O) groups is 3. The summed E-state index contributed by atoms with van der Waals surface area (Å²) >= 11 is 1.13. The van der Waals surface area contributed by atoms with Crippen molar-refractivity contribution in [3.63, 3.8) is 0 Å². The van der Waals surface area contributed by atoms with Gasteiger partial charge in [-0.25, -0.2) is 13.2 Å². The molecule has 1 aromatic heterocycles. The topological polar surface area (TPSA) is 121 Å². The maximum atomic E-state index is 12.1. The number of hydrogen-bond acceptors (Lipinski definition) is 8. The molecule has 1 aromatic carbocycles. The molecule has 158 valence electrons. The molecule has 0 radical (unpaired) electrons. The molecule has 0 N–H and O–H groups in total. The minimum Gasteiger partial charge on any atom is -0.462 e. The summed E-state index contributed by atoms with van der Waals surface area (Å²) in [7, 11) is -4.18. The van der Waals surface area contributed by atoms with Gasteiger partial charge in [-0.3, -0.25) is 9.59 Å². The molecule has 0 bridgehead atoms. The summed E-state index contributed by atoms with van der Waals surface area (Å²) in [6, 6.07) is 4.95. The molecule has 0 aliphatic rings. The Hall–Kier alpha value is -2.37. The molecule has 0 fully saturated rings. The van der Waals surface area contributed by atoms with E-state index in [1.165, 1.54) is 0 Å². The smallest absolute Gasteiger partial charge is 0.338 e. The predicted octanol–water partition coefficient (Wildman–Crippen LogP) is 1.30. The van der Waals surface area contributed by atoms with E-state index in [-0.39, 0.29) is 11.4 Å². The Morgan fingerprint density at radius 2 is 1.90 bits per heavy atom. The molecule has 2 rings (SSSR count). The number of hydrogen-bond donors (Lipinski definition) is 0. The van der Waals surface area contributed by atoms with Crippen LogP contribution in [0.5, 0.6) is 0 Å². The van der Waals surface area contributed by atoms with E-state index in [1.54, 1.807) is 29.7 Å². The Morgan fingerprint density at radius 3 is 2.52 bits per heavy atom. The van der Waals surface area contributed by atoms with E-state index in [0.29, 0.717) is 35.5 Å². The average molecular weight is 443 g/mol. The van der Waals surface area contributed by atoms with Crippen LogP contribution in [0, 0.1) is 0 Å². The van der Waals surface area contributed by atoms with Gasteiger partial charge in [0.05, 0.1) is 29.0 Å². The van der Waals surface area contributed by atoms with Crippen LogP contribution in [0.4, 0.5) is 0 Å². The molecule has 0 unspecified atom stereocenters. The number of amides is 1. The lowest BCUT2D eigenvalue weighted by molar-refractivity contribution is -0.116. The van der Waals surface area contributed by atoms with Crippen molar-refractivity contribution < 1.29 is 32.3 Å². The molecule has 1 amide bonds. The van der Waals surface area contributed by atoms with Gasteiger partial charge < -0.3 is 14.0 Å². The van der Waals surface area contributed by atoms with Gasteiger partial charge in [-0.15, -0.1) is 0 Å². The van der Waals surface area contributed by atoms with Crippen LogP contribution in [0.3, 0.4) is 0 Å². The van der Waals surface area contributed by atoms with Gasteiger partial charge in [-0.2, -0.15) is 4.99 Å². The zero-order valence-electron chi connectivity index (χ0n) is 16.3. The van der Waals surface area contributed by atoms with E-state index >= 15 is 0 Å². The third-order valence-corrected chi connectivity index (χ3v) is 6.37. The molecular formula is C18H22N2O7S2. The van der Waals surface area contributed by atoms with Gasteiger partial charge in [-0.1, -0.05) is 11.3 Å². The number of rotatable bonds is 8. The summed E-state index contributed by atoms with van der Waals surface area (Å²) in [5, 5.41) is -1.08. The molecule has 0 aliphatic heterocycles. The normalized spacial score (nSPS) is 12.3. The minimum absolute atomic E-state index is 0.245. The number of ether oxygens (including phenoxy) is 2. The van der Waals surface area contributed by atoms with E-state index in [4.69, 9.17) is 9.47 Å². The summed E-state index contributed by atoms with van der Waals surface area (Å²) in [5.74, 6) is -2.40. The highest BCUT2D eigenvalue weighted by Gasteiger charge is 2.22. The highest BCUT2D eigenvalue weighted by Crippen LogP contribution is 2.20. The van der Waals surface area contributed by atoms with Crippen LogP contribution >= 0.6 is 11.3 Å². The average Bonchev–Trinajstić information content (AvgIpc) is 2.97. The molecule has 9 nitrogen and oxygen atoms in total. The molecule has 2 aromatic rings. The first kappa shape index (κ1) is 22.9. The molecule has 0 atom stereocenters. The van der Waals surface area contributed by atoms with Crippen molar-refractivity contribution in [3.05, 3.63) is 28.6 Å². The molecule has 1 heterocycles. The van der Waals surface area contributed by atoms with Crippen molar-refractivity contribution in [3.8, 4) is 0 Å². The first-order valence-electron chi connectivity index (χ1n) is 8.88. The predicted molar refractivity (Wildman–Crippen MR) is 107 cm³/mol. The van der Waals surface area contributed by atoms with Crippen LogP contribution in [0.25, 0.3) is 10.2 Å². The summed E-state index contributed by atoms with van der Waals surface area (Å²) in [6.45, 7) is 5.94. The monoisotopic (exact) mass is 442 g/mol. The van der Waals surface area contributed by atoms with E-state index in [9.17, 15) is 22.8 Å². The number of esters is 1. The molecule has 0 aliphatic carbocycles. The fourth-order valence-electron chi connectivity index (χ4n) is 2.42. The van der Waals surface area contributed by atoms with Gasteiger partial charge in [0.15, 0.2) is 4.80 Å². The van der Waals surface area contributed by atoms with E-state index in [0.717, 1.165) is 18.3 Å². The van der Waals surface area contributed by atoms with Gasteiger partial charge in [-0.05, 0) is 32.0 Å². The van der Waals surface area contributed by atoms with Crippen LogP contribution in [0.2, 0.25) is 0 Å². The number of carbonyl (C=O) groups excluding carboxylic acids is 3. The maximum absolute atomic E-state index is 12.1. The summed E-state index contributed by atoms with van der Waals surface area (Å²) < 4.78 is 36.1. The molecule has 11 heteroatoms. The fourth-order valence-corrected chi connectivity index (χ4v) is 4.12. The summed E-state index contributed by atoms with van der Waals surface area (Å²) in [4.78, 5) is 39.4. The van der Waals surface area contributed by atoms with Crippen molar-refractivity contribution in [2.45, 2.75) is 27.3 Å². The van der Waals surface area contributed by atoms with Crippen molar-refractivity contribution >= 4 is 48.4 Å². The van der Waals surface area contributed by atoms with Crippen molar-refractivity contribution in [2.75, 3.05) is 25.6 Å². The largest absolute Gasteiger partial charge is 0.462 e. The van der Waals surface area contributed by atoms with Crippen LogP contribution in [-0.4, -0.2) is 55.6 Å². The Balaban J connectivity index is 2.50. The van der Waals surface area contributed by atoms with E-state index in [2.05, 4.69) is 4.99 Å². The molecule has 0 saturated heterocycles. The molecule has 29 heavy (non-hydrogen) atoms. The molecule has 0 spiro atoms. The first-order chi connectivity index (χ1) is 13.7. The Morgan fingerprint density at radius 1 is 1.17 bits per heavy atom. The van der Waals surface area contributed by atoms with E-state index < -0.39 is 32.6 Å². The number of benzene rings is 1. The van der Waals surface area contributed by atoms with E-state index in [1.807, 2.05) is 6.92 Å². The number of aromatic nitrogens is 1. The Bertz CT molecular complexity index is 1100. The number of fused-ring (bicyclic) bond motifs is 1. The third-order valence-electron chi connectivity index (χ3n) is 3.83. The highest BCUT2D eigenvalue weighted by atomic mass is 32.2. The zero-order valence-corrected chi connectivity index (χ0v) is 18.0. The fraction of sp³-hybridized carbons (Fsp3) is 0.444. The summed E-state index contributed by atoms with van der Waals surface area (Å²) in [6.07, 6.45) is 0. The molecular weight excluding hydrogens is 420 g/mol. The van der Waals surface area contributed by atoms with Gasteiger partial charge >= 0.3 is 5.97 Å². The van der Waals surface area contributed by atoms with Gasteiger partial charge in [0.2, 0.25) is 15.0 Å². The zero-order chi connectivity index (χ0) is 21.6. The lowest BCUT2D eigenvalue weighted by Crippen LogP contribution is -2.24. The van der Waals surface area contributed by atoms with Gasteiger partial charge in [0.25, 0.3) is 5.91 Å². The second kappa shape index (κ2) is 9.90. The van der Waals surface area contributed by atoms with Crippen LogP contribution in [0.1, 0.15) is 31.1 Å². The number of nitrogens with zero attached hydrogens (tertiary/aromatic N) is 2. The lowest BCUT2D eigenvalue weighted by atomic mass is 10.2. The van der Waals surface area contributed by atoms with Crippen molar-refractivity contribution in [1.29, 1.82) is 0 Å². The van der Waals surface area contributed by atoms with Crippen LogP contribution < -0.4 is 4.80 Å². The van der Waals surface area contributed by atoms with Crippen LogP contribution in [0.15, 0.2) is 23.2 Å². The Labute approximate surface area is 171 Å². The minimum atomic E-state index is -4.18.